The summed E-state index contributed by atoms with van der Waals surface area (Å²) in [5.41, 5.74) is -2.34. The first-order valence-electron chi connectivity index (χ1n) is 17.6. The van der Waals surface area contributed by atoms with Gasteiger partial charge in [-0.2, -0.15) is 0 Å². The summed E-state index contributed by atoms with van der Waals surface area (Å²) in [4.78, 5) is 14.5. The summed E-state index contributed by atoms with van der Waals surface area (Å²) >= 11 is 0. The molecular weight excluding hydrogens is 592 g/mol. The fourth-order valence-electron chi connectivity index (χ4n) is 12.3. The van der Waals surface area contributed by atoms with Gasteiger partial charge in [-0.05, 0) is 98.7 Å². The minimum atomic E-state index is -1.70. The number of ether oxygens (including phenoxy) is 2. The van der Waals surface area contributed by atoms with Gasteiger partial charge in [0.05, 0.1) is 30.3 Å². The smallest absolute Gasteiger partial charge is 0.315 e. The predicted octanol–water partition coefficient (Wildman–Crippen LogP) is 2.44. The Morgan fingerprint density at radius 1 is 0.891 bits per heavy atom. The fourth-order valence-corrected chi connectivity index (χ4v) is 12.3. The highest BCUT2D eigenvalue weighted by Gasteiger charge is 2.72. The second-order valence-electron chi connectivity index (χ2n) is 17.4. The van der Waals surface area contributed by atoms with Crippen molar-refractivity contribution in [2.75, 3.05) is 13.2 Å². The number of fused-ring (bicyclic) bond motifs is 7. The Bertz CT molecular complexity index is 1240. The molecule has 0 aromatic rings. The van der Waals surface area contributed by atoms with Crippen LogP contribution in [0.4, 0.5) is 0 Å². The van der Waals surface area contributed by atoms with E-state index in [1.807, 2.05) is 20.8 Å². The van der Waals surface area contributed by atoms with Crippen molar-refractivity contribution in [3.05, 3.63) is 11.6 Å². The van der Waals surface area contributed by atoms with Crippen molar-refractivity contribution in [3.8, 4) is 0 Å². The molecule has 5 aliphatic carbocycles. The van der Waals surface area contributed by atoms with E-state index in [4.69, 9.17) is 9.47 Å². The fraction of sp³-hybridized carbons (Fsp3) is 0.917. The highest BCUT2D eigenvalue weighted by atomic mass is 16.7. The van der Waals surface area contributed by atoms with E-state index in [9.17, 15) is 40.5 Å². The molecule has 10 heteroatoms. The summed E-state index contributed by atoms with van der Waals surface area (Å²) in [6, 6.07) is 0. The maximum atomic E-state index is 14.5. The SMILES string of the molecule is C[C@H]1CC[C@]2(C(=O)O[C@@H]3O[C@H](CO)[C@@H](O)[C@H](O)[C@H]3O)CC[C@]3(C)C(=CC[C@@H]4[C@]5(C)CC[C@@H](O)[C@@](C)(CO)[C@H]5CC[C@]43C)[C@H]2[C@]1(C)O. The van der Waals surface area contributed by atoms with Crippen molar-refractivity contribution in [1.82, 2.24) is 0 Å². The maximum absolute atomic E-state index is 14.5. The van der Waals surface area contributed by atoms with E-state index in [0.717, 1.165) is 31.3 Å². The molecule has 0 unspecified atom stereocenters. The zero-order valence-electron chi connectivity index (χ0n) is 28.5. The number of allylic oxidation sites excluding steroid dienone is 1. The number of carbonyl (C=O) groups excluding carboxylic acids is 1. The summed E-state index contributed by atoms with van der Waals surface area (Å²) in [6.07, 6.45) is 0.492. The van der Waals surface area contributed by atoms with E-state index in [1.165, 1.54) is 0 Å². The number of esters is 1. The third-order valence-corrected chi connectivity index (χ3v) is 15.7. The standard InChI is InChI=1S/C36H58O10/c1-19-9-14-36(30(43)46-29-27(42)26(41)25(40)21(17-37)45-29)16-15-33(4)20(28(36)35(19,6)44)7-8-23-31(2)12-11-24(39)32(3,18-38)22(31)10-13-34(23,33)5/h7,19,21-29,37-42,44H,8-18H2,1-6H3/t19-,21+,22-,23+,24+,25+,26-,27+,28-,29-,31+,32-,33+,34+,35+,36-/m0/s1. The third kappa shape index (κ3) is 4.39. The minimum absolute atomic E-state index is 0.0435. The van der Waals surface area contributed by atoms with Crippen molar-refractivity contribution >= 4 is 5.97 Å². The Kier molecular flexibility index (Phi) is 8.46. The number of aliphatic hydroxyl groups excluding tert-OH is 6. The largest absolute Gasteiger partial charge is 0.432 e. The summed E-state index contributed by atoms with van der Waals surface area (Å²) in [6.45, 7) is 12.3. The van der Waals surface area contributed by atoms with Gasteiger partial charge in [-0.1, -0.05) is 46.3 Å². The van der Waals surface area contributed by atoms with Crippen LogP contribution in [0.25, 0.3) is 0 Å². The lowest BCUT2D eigenvalue weighted by Gasteiger charge is -2.72. The zero-order valence-corrected chi connectivity index (χ0v) is 28.5. The number of hydrogen-bond donors (Lipinski definition) is 7. The van der Waals surface area contributed by atoms with Crippen LogP contribution in [0.5, 0.6) is 0 Å². The normalized spacial score (nSPS) is 56.8. The Balaban J connectivity index is 1.39. The Labute approximate surface area is 273 Å². The number of hydrogen-bond acceptors (Lipinski definition) is 10. The van der Waals surface area contributed by atoms with Crippen molar-refractivity contribution in [1.29, 1.82) is 0 Å². The molecule has 0 aromatic heterocycles. The lowest BCUT2D eigenvalue weighted by molar-refractivity contribution is -0.299. The van der Waals surface area contributed by atoms with Crippen molar-refractivity contribution in [2.24, 2.45) is 50.7 Å². The van der Waals surface area contributed by atoms with Gasteiger partial charge in [-0.15, -0.1) is 0 Å². The number of carbonyl (C=O) groups is 1. The molecule has 0 amide bonds. The van der Waals surface area contributed by atoms with Crippen LogP contribution in [0.3, 0.4) is 0 Å². The van der Waals surface area contributed by atoms with Crippen LogP contribution in [0.1, 0.15) is 99.3 Å². The van der Waals surface area contributed by atoms with Crippen LogP contribution >= 0.6 is 0 Å². The molecule has 10 nitrogen and oxygen atoms in total. The van der Waals surface area contributed by atoms with Crippen molar-refractivity contribution < 1.29 is 50.0 Å². The highest BCUT2D eigenvalue weighted by molar-refractivity contribution is 5.79. The van der Waals surface area contributed by atoms with Gasteiger partial charge in [0.25, 0.3) is 0 Å². The van der Waals surface area contributed by atoms with Gasteiger partial charge < -0.3 is 45.2 Å². The van der Waals surface area contributed by atoms with E-state index in [2.05, 4.69) is 26.8 Å². The van der Waals surface area contributed by atoms with E-state index < -0.39 is 71.7 Å². The van der Waals surface area contributed by atoms with Gasteiger partial charge in [-0.3, -0.25) is 4.79 Å². The van der Waals surface area contributed by atoms with Gasteiger partial charge in [0, 0.05) is 11.3 Å². The zero-order chi connectivity index (χ0) is 33.8. The van der Waals surface area contributed by atoms with Crippen LogP contribution in [-0.2, 0) is 14.3 Å². The van der Waals surface area contributed by atoms with E-state index in [-0.39, 0.29) is 34.7 Å². The molecule has 0 spiro atoms. The second-order valence-corrected chi connectivity index (χ2v) is 17.4. The molecule has 7 N–H and O–H groups in total. The minimum Gasteiger partial charge on any atom is -0.432 e. The van der Waals surface area contributed by atoms with Crippen LogP contribution in [0.15, 0.2) is 11.6 Å². The molecule has 262 valence electrons. The first-order chi connectivity index (χ1) is 21.4. The average Bonchev–Trinajstić information content (AvgIpc) is 3.01. The maximum Gasteiger partial charge on any atom is 0.315 e. The van der Waals surface area contributed by atoms with Gasteiger partial charge in [0.15, 0.2) is 0 Å². The van der Waals surface area contributed by atoms with Crippen molar-refractivity contribution in [2.45, 2.75) is 142 Å². The van der Waals surface area contributed by atoms with Crippen LogP contribution in [0, 0.1) is 50.7 Å². The number of rotatable bonds is 4. The molecule has 1 saturated heterocycles. The first kappa shape index (κ1) is 34.7. The number of aliphatic hydroxyl groups is 7. The first-order valence-corrected chi connectivity index (χ1v) is 17.6. The quantitative estimate of drug-likeness (QED) is 0.177. The molecule has 0 radical (unpaired) electrons. The summed E-state index contributed by atoms with van der Waals surface area (Å²) < 4.78 is 11.5. The highest BCUT2D eigenvalue weighted by Crippen LogP contribution is 2.76. The topological polar surface area (TPSA) is 177 Å². The van der Waals surface area contributed by atoms with E-state index in [1.54, 1.807) is 0 Å². The predicted molar refractivity (Wildman–Crippen MR) is 168 cm³/mol. The third-order valence-electron chi connectivity index (χ3n) is 15.7. The Morgan fingerprint density at radius 3 is 2.24 bits per heavy atom. The summed E-state index contributed by atoms with van der Waals surface area (Å²) in [7, 11) is 0. The molecule has 6 aliphatic rings. The lowest BCUT2D eigenvalue weighted by atomic mass is 9.33. The molecular formula is C36H58O10. The molecule has 1 heterocycles. The molecule has 6 rings (SSSR count). The monoisotopic (exact) mass is 650 g/mol. The summed E-state index contributed by atoms with van der Waals surface area (Å²) in [5, 5.41) is 75.0. The molecule has 5 fully saturated rings. The average molecular weight is 651 g/mol. The van der Waals surface area contributed by atoms with Gasteiger partial charge in [0.1, 0.15) is 24.4 Å². The van der Waals surface area contributed by atoms with Crippen LogP contribution in [-0.4, -0.2) is 97.3 Å². The van der Waals surface area contributed by atoms with E-state index in [0.29, 0.717) is 38.0 Å². The Morgan fingerprint density at radius 2 is 1.59 bits per heavy atom. The molecule has 0 bridgehead atoms. The van der Waals surface area contributed by atoms with Gasteiger partial charge in [0.2, 0.25) is 6.29 Å². The van der Waals surface area contributed by atoms with Crippen LogP contribution < -0.4 is 0 Å². The molecule has 46 heavy (non-hydrogen) atoms. The molecule has 4 saturated carbocycles. The van der Waals surface area contributed by atoms with Gasteiger partial charge >= 0.3 is 5.97 Å². The second kappa shape index (κ2) is 11.2. The Hall–Kier alpha value is -1.11. The van der Waals surface area contributed by atoms with Crippen molar-refractivity contribution in [3.63, 3.8) is 0 Å². The van der Waals surface area contributed by atoms with E-state index >= 15 is 0 Å². The molecule has 0 aromatic carbocycles. The lowest BCUT2D eigenvalue weighted by Crippen LogP contribution is -2.68. The van der Waals surface area contributed by atoms with Crippen LogP contribution in [0.2, 0.25) is 0 Å². The van der Waals surface area contributed by atoms with Gasteiger partial charge in [-0.25, -0.2) is 0 Å². The summed E-state index contributed by atoms with van der Waals surface area (Å²) in [5.74, 6) is -0.749. The molecule has 16 atom stereocenters. The molecule has 1 aliphatic heterocycles.